The molecule has 0 fully saturated rings. The van der Waals surface area contributed by atoms with E-state index < -0.39 is 10.0 Å². The van der Waals surface area contributed by atoms with E-state index in [1.807, 2.05) is 0 Å². The van der Waals surface area contributed by atoms with E-state index >= 15 is 0 Å². The molecule has 0 amide bonds. The molecule has 2 aromatic rings. The molecular formula is C12H10BrClN2O2S. The van der Waals surface area contributed by atoms with Crippen molar-refractivity contribution in [2.45, 2.75) is 4.90 Å². The Hall–Kier alpha value is -1.24. The van der Waals surface area contributed by atoms with Crippen LogP contribution in [0.4, 0.5) is 11.4 Å². The van der Waals surface area contributed by atoms with E-state index in [0.717, 1.165) is 0 Å². The standard InChI is InChI=1S/C12H10BrClN2O2S/c13-11-5-4-9(15)7-12(11)16-19(17,18)10-3-1-2-8(14)6-10/h1-7,16H,15H2. The molecular weight excluding hydrogens is 352 g/mol. The maximum Gasteiger partial charge on any atom is 0.261 e. The van der Waals surface area contributed by atoms with E-state index in [1.54, 1.807) is 24.3 Å². The summed E-state index contributed by atoms with van der Waals surface area (Å²) in [5.41, 5.74) is 6.47. The highest BCUT2D eigenvalue weighted by Gasteiger charge is 2.16. The number of nitrogens with two attached hydrogens (primary N) is 1. The fourth-order valence-electron chi connectivity index (χ4n) is 1.46. The van der Waals surface area contributed by atoms with Crippen LogP contribution in [-0.4, -0.2) is 8.42 Å². The van der Waals surface area contributed by atoms with E-state index in [0.29, 0.717) is 20.9 Å². The van der Waals surface area contributed by atoms with Gasteiger partial charge in [0, 0.05) is 15.2 Å². The lowest BCUT2D eigenvalue weighted by molar-refractivity contribution is 0.601. The fourth-order valence-corrected chi connectivity index (χ4v) is 3.31. The summed E-state index contributed by atoms with van der Waals surface area (Å²) in [6, 6.07) is 10.9. The number of rotatable bonds is 3. The lowest BCUT2D eigenvalue weighted by Crippen LogP contribution is -2.13. The third-order valence-electron chi connectivity index (χ3n) is 2.34. The molecule has 19 heavy (non-hydrogen) atoms. The maximum atomic E-state index is 12.2. The van der Waals surface area contributed by atoms with Crippen LogP contribution in [-0.2, 0) is 10.0 Å². The van der Waals surface area contributed by atoms with Crippen molar-refractivity contribution in [3.63, 3.8) is 0 Å². The predicted molar refractivity (Wildman–Crippen MR) is 80.8 cm³/mol. The Balaban J connectivity index is 2.39. The van der Waals surface area contributed by atoms with E-state index in [9.17, 15) is 8.42 Å². The number of benzene rings is 2. The van der Waals surface area contributed by atoms with Crippen LogP contribution in [0, 0.1) is 0 Å². The second-order valence-corrected chi connectivity index (χ2v) is 6.78. The number of hydrogen-bond acceptors (Lipinski definition) is 3. The van der Waals surface area contributed by atoms with Crippen LogP contribution in [0.2, 0.25) is 5.02 Å². The van der Waals surface area contributed by atoms with Gasteiger partial charge in [0.2, 0.25) is 0 Å². The van der Waals surface area contributed by atoms with Gasteiger partial charge >= 0.3 is 0 Å². The van der Waals surface area contributed by atoms with Gasteiger partial charge in [-0.1, -0.05) is 17.7 Å². The molecule has 0 spiro atoms. The maximum absolute atomic E-state index is 12.2. The molecule has 4 nitrogen and oxygen atoms in total. The van der Waals surface area contributed by atoms with Gasteiger partial charge in [-0.15, -0.1) is 0 Å². The first-order valence-electron chi connectivity index (χ1n) is 5.22. The van der Waals surface area contributed by atoms with Gasteiger partial charge in [0.1, 0.15) is 0 Å². The first-order chi connectivity index (χ1) is 8.88. The Morgan fingerprint density at radius 2 is 1.89 bits per heavy atom. The molecule has 3 N–H and O–H groups in total. The van der Waals surface area contributed by atoms with Gasteiger partial charge in [0.05, 0.1) is 10.6 Å². The molecule has 0 aliphatic heterocycles. The molecule has 2 rings (SSSR count). The second kappa shape index (κ2) is 5.40. The molecule has 100 valence electrons. The average molecular weight is 362 g/mol. The number of hydrogen-bond donors (Lipinski definition) is 2. The van der Waals surface area contributed by atoms with E-state index in [-0.39, 0.29) is 4.90 Å². The zero-order valence-electron chi connectivity index (χ0n) is 9.60. The lowest BCUT2D eigenvalue weighted by Gasteiger charge is -2.10. The molecule has 0 atom stereocenters. The highest BCUT2D eigenvalue weighted by atomic mass is 79.9. The van der Waals surface area contributed by atoms with Crippen molar-refractivity contribution in [3.8, 4) is 0 Å². The Bertz CT molecular complexity index is 719. The average Bonchev–Trinajstić information content (AvgIpc) is 2.33. The summed E-state index contributed by atoms with van der Waals surface area (Å²) in [6.45, 7) is 0. The molecule has 0 aliphatic carbocycles. The van der Waals surface area contributed by atoms with E-state index in [2.05, 4.69) is 20.7 Å². The van der Waals surface area contributed by atoms with Gasteiger partial charge in [0.15, 0.2) is 0 Å². The molecule has 7 heteroatoms. The van der Waals surface area contributed by atoms with Gasteiger partial charge in [-0.05, 0) is 52.3 Å². The fraction of sp³-hybridized carbons (Fsp3) is 0. The summed E-state index contributed by atoms with van der Waals surface area (Å²) in [5, 5.41) is 0.356. The summed E-state index contributed by atoms with van der Waals surface area (Å²) < 4.78 is 27.4. The minimum Gasteiger partial charge on any atom is -0.399 e. The van der Waals surface area contributed by atoms with Crippen LogP contribution in [0.1, 0.15) is 0 Å². The third kappa shape index (κ3) is 3.40. The van der Waals surface area contributed by atoms with Gasteiger partial charge < -0.3 is 5.73 Å². The summed E-state index contributed by atoms with van der Waals surface area (Å²) in [5.74, 6) is 0. The number of sulfonamides is 1. The number of anilines is 2. The van der Waals surface area contributed by atoms with Crippen molar-refractivity contribution in [2.75, 3.05) is 10.5 Å². The van der Waals surface area contributed by atoms with E-state index in [4.69, 9.17) is 17.3 Å². The normalized spacial score (nSPS) is 11.3. The summed E-state index contributed by atoms with van der Waals surface area (Å²) >= 11 is 9.05. The Kier molecular flexibility index (Phi) is 4.03. The lowest BCUT2D eigenvalue weighted by atomic mass is 10.3. The van der Waals surface area contributed by atoms with Crippen molar-refractivity contribution in [1.29, 1.82) is 0 Å². The molecule has 0 radical (unpaired) electrons. The Morgan fingerprint density at radius 3 is 2.58 bits per heavy atom. The van der Waals surface area contributed by atoms with Crippen molar-refractivity contribution >= 4 is 48.9 Å². The van der Waals surface area contributed by atoms with Crippen LogP contribution in [0.3, 0.4) is 0 Å². The van der Waals surface area contributed by atoms with Gasteiger partial charge in [0.25, 0.3) is 10.0 Å². The van der Waals surface area contributed by atoms with Gasteiger partial charge in [-0.2, -0.15) is 0 Å². The molecule has 0 saturated heterocycles. The SMILES string of the molecule is Nc1ccc(Br)c(NS(=O)(=O)c2cccc(Cl)c2)c1. The molecule has 0 heterocycles. The first kappa shape index (κ1) is 14.2. The highest BCUT2D eigenvalue weighted by Crippen LogP contribution is 2.27. The quantitative estimate of drug-likeness (QED) is 0.822. The topological polar surface area (TPSA) is 72.2 Å². The van der Waals surface area contributed by atoms with Crippen LogP contribution in [0.15, 0.2) is 51.8 Å². The zero-order valence-corrected chi connectivity index (χ0v) is 12.8. The minimum absolute atomic E-state index is 0.0920. The van der Waals surface area contributed by atoms with Gasteiger partial charge in [-0.3, -0.25) is 4.72 Å². The van der Waals surface area contributed by atoms with Gasteiger partial charge in [-0.25, -0.2) is 8.42 Å². The van der Waals surface area contributed by atoms with Crippen LogP contribution in [0.25, 0.3) is 0 Å². The van der Waals surface area contributed by atoms with Crippen molar-refractivity contribution in [2.24, 2.45) is 0 Å². The van der Waals surface area contributed by atoms with Crippen LogP contribution >= 0.6 is 27.5 Å². The minimum atomic E-state index is -3.70. The first-order valence-corrected chi connectivity index (χ1v) is 7.87. The monoisotopic (exact) mass is 360 g/mol. The molecule has 2 aromatic carbocycles. The number of halogens is 2. The Morgan fingerprint density at radius 1 is 1.16 bits per heavy atom. The second-order valence-electron chi connectivity index (χ2n) is 3.80. The van der Waals surface area contributed by atoms with Crippen molar-refractivity contribution in [3.05, 3.63) is 52.0 Å². The van der Waals surface area contributed by atoms with E-state index in [1.165, 1.54) is 18.2 Å². The summed E-state index contributed by atoms with van der Waals surface area (Å²) in [6.07, 6.45) is 0. The van der Waals surface area contributed by atoms with Crippen molar-refractivity contribution < 1.29 is 8.42 Å². The molecule has 0 saturated carbocycles. The van der Waals surface area contributed by atoms with Crippen molar-refractivity contribution in [1.82, 2.24) is 0 Å². The predicted octanol–water partition coefficient (Wildman–Crippen LogP) is 3.49. The number of nitrogen functional groups attached to an aromatic ring is 1. The number of nitrogens with one attached hydrogen (secondary N) is 1. The molecule has 0 unspecified atom stereocenters. The molecule has 0 bridgehead atoms. The zero-order chi connectivity index (χ0) is 14.0. The highest BCUT2D eigenvalue weighted by molar-refractivity contribution is 9.10. The Labute approximate surface area is 124 Å². The summed E-state index contributed by atoms with van der Waals surface area (Å²) in [7, 11) is -3.70. The molecule has 0 aliphatic rings. The summed E-state index contributed by atoms with van der Waals surface area (Å²) in [4.78, 5) is 0.0920. The largest absolute Gasteiger partial charge is 0.399 e. The third-order valence-corrected chi connectivity index (χ3v) is 4.63. The molecule has 0 aromatic heterocycles. The van der Waals surface area contributed by atoms with Crippen LogP contribution in [0.5, 0.6) is 0 Å². The van der Waals surface area contributed by atoms with Crippen LogP contribution < -0.4 is 10.5 Å². The smallest absolute Gasteiger partial charge is 0.261 e.